The summed E-state index contributed by atoms with van der Waals surface area (Å²) in [5.41, 5.74) is 0.125. The predicted octanol–water partition coefficient (Wildman–Crippen LogP) is 0.395. The Labute approximate surface area is 141 Å². The minimum atomic E-state index is -3.63. The van der Waals surface area contributed by atoms with Crippen LogP contribution in [0.1, 0.15) is 24.2 Å². The lowest BCUT2D eigenvalue weighted by Gasteiger charge is -2.25. The van der Waals surface area contributed by atoms with E-state index in [0.29, 0.717) is 18.8 Å². The Kier molecular flexibility index (Phi) is 5.81. The average molecular weight is 358 g/mol. The number of hydrogen-bond acceptors (Lipinski definition) is 5. The summed E-state index contributed by atoms with van der Waals surface area (Å²) in [5, 5.41) is 19.0. The van der Waals surface area contributed by atoms with Crippen molar-refractivity contribution in [2.24, 2.45) is 0 Å². The van der Waals surface area contributed by atoms with E-state index in [4.69, 9.17) is 9.84 Å². The number of ether oxygens (including phenoxy) is 1. The molecule has 1 heterocycles. The van der Waals surface area contributed by atoms with E-state index in [1.807, 2.05) is 0 Å². The molecule has 0 bridgehead atoms. The van der Waals surface area contributed by atoms with Crippen molar-refractivity contribution in [2.45, 2.75) is 26.1 Å². The highest BCUT2D eigenvalue weighted by Gasteiger charge is 2.41. The lowest BCUT2D eigenvalue weighted by molar-refractivity contribution is 0.0693. The van der Waals surface area contributed by atoms with Gasteiger partial charge in [0.05, 0.1) is 12.1 Å². The monoisotopic (exact) mass is 358 g/mol. The van der Waals surface area contributed by atoms with Gasteiger partial charge in [0.15, 0.2) is 0 Å². The average Bonchev–Trinajstić information content (AvgIpc) is 2.90. The normalized spacial score (nSPS) is 22.0. The van der Waals surface area contributed by atoms with Crippen LogP contribution < -0.4 is 4.74 Å². The lowest BCUT2D eigenvalue weighted by atomic mass is 10.2. The van der Waals surface area contributed by atoms with Gasteiger partial charge in [-0.05, 0) is 24.3 Å². The van der Waals surface area contributed by atoms with Gasteiger partial charge in [0.2, 0.25) is 0 Å². The fourth-order valence-electron chi connectivity index (χ4n) is 2.59. The Morgan fingerprint density at radius 2 is 1.83 bits per heavy atom. The zero-order valence-corrected chi connectivity index (χ0v) is 14.4. The molecule has 1 aromatic carbocycles. The van der Waals surface area contributed by atoms with Crippen LogP contribution in [0.15, 0.2) is 24.3 Å². The second-order valence-corrected chi connectivity index (χ2v) is 7.39. The number of benzene rings is 1. The van der Waals surface area contributed by atoms with E-state index in [0.717, 1.165) is 0 Å². The molecule has 2 atom stereocenters. The highest BCUT2D eigenvalue weighted by atomic mass is 32.2. The third-order valence-electron chi connectivity index (χ3n) is 3.95. The van der Waals surface area contributed by atoms with Gasteiger partial charge in [-0.2, -0.15) is 17.0 Å². The quantitative estimate of drug-likeness (QED) is 0.730. The molecule has 134 valence electrons. The van der Waals surface area contributed by atoms with Crippen LogP contribution in [0, 0.1) is 0 Å². The van der Waals surface area contributed by atoms with Crippen molar-refractivity contribution < 1.29 is 28.2 Å². The van der Waals surface area contributed by atoms with Crippen LogP contribution >= 0.6 is 0 Å². The molecule has 0 spiro atoms. The van der Waals surface area contributed by atoms with Crippen molar-refractivity contribution in [1.29, 1.82) is 0 Å². The molecule has 0 aromatic heterocycles. The van der Waals surface area contributed by atoms with Gasteiger partial charge in [-0.1, -0.05) is 13.8 Å². The number of carboxylic acid groups (broad SMARTS) is 1. The summed E-state index contributed by atoms with van der Waals surface area (Å²) in [5.74, 6) is -0.662. The van der Waals surface area contributed by atoms with Crippen LogP contribution in [-0.4, -0.2) is 71.6 Å². The Bertz CT molecular complexity index is 672. The highest BCUT2D eigenvalue weighted by Crippen LogP contribution is 2.22. The van der Waals surface area contributed by atoms with Gasteiger partial charge in [0.25, 0.3) is 10.2 Å². The highest BCUT2D eigenvalue weighted by molar-refractivity contribution is 7.86. The van der Waals surface area contributed by atoms with E-state index in [9.17, 15) is 18.3 Å². The molecule has 0 saturated carbocycles. The summed E-state index contributed by atoms with van der Waals surface area (Å²) in [7, 11) is -3.63. The second-order valence-electron chi connectivity index (χ2n) is 5.46. The standard InChI is InChI=1S/C15H22N2O6S/c1-3-16(4-2)24(21,22)17-9-13(18)14(10-17)23-12-7-5-11(6-8-12)15(19)20/h5-8,13-14,18H,3-4,9-10H2,1-2H3,(H,19,20)/t13-,14-/m1/s1. The zero-order valence-electron chi connectivity index (χ0n) is 13.6. The summed E-state index contributed by atoms with van der Waals surface area (Å²) in [6, 6.07) is 5.75. The summed E-state index contributed by atoms with van der Waals surface area (Å²) in [6.45, 7) is 4.23. The van der Waals surface area contributed by atoms with E-state index in [2.05, 4.69) is 0 Å². The number of carboxylic acids is 1. The van der Waals surface area contributed by atoms with E-state index in [-0.39, 0.29) is 18.7 Å². The molecule has 0 unspecified atom stereocenters. The molecule has 1 fully saturated rings. The molecule has 0 amide bonds. The van der Waals surface area contributed by atoms with E-state index in [1.165, 1.54) is 32.9 Å². The topological polar surface area (TPSA) is 107 Å². The van der Waals surface area contributed by atoms with Gasteiger partial charge < -0.3 is 14.9 Å². The number of rotatable bonds is 7. The SMILES string of the molecule is CCN(CC)S(=O)(=O)N1C[C@@H](O)[C@H](Oc2ccc(C(=O)O)cc2)C1. The maximum absolute atomic E-state index is 12.5. The second kappa shape index (κ2) is 7.47. The van der Waals surface area contributed by atoms with Crippen LogP contribution in [0.25, 0.3) is 0 Å². The fourth-order valence-corrected chi connectivity index (χ4v) is 4.25. The third-order valence-corrected chi connectivity index (χ3v) is 6.07. The fraction of sp³-hybridized carbons (Fsp3) is 0.533. The molecule has 24 heavy (non-hydrogen) atoms. The van der Waals surface area contributed by atoms with Crippen molar-refractivity contribution in [3.8, 4) is 5.75 Å². The van der Waals surface area contributed by atoms with Crippen molar-refractivity contribution in [3.63, 3.8) is 0 Å². The summed E-state index contributed by atoms with van der Waals surface area (Å²) in [4.78, 5) is 10.8. The smallest absolute Gasteiger partial charge is 0.335 e. The number of hydrogen-bond donors (Lipinski definition) is 2. The number of nitrogens with zero attached hydrogens (tertiary/aromatic N) is 2. The first kappa shape index (κ1) is 18.7. The Morgan fingerprint density at radius 1 is 1.25 bits per heavy atom. The maximum atomic E-state index is 12.5. The first-order valence-electron chi connectivity index (χ1n) is 7.72. The largest absolute Gasteiger partial charge is 0.486 e. The van der Waals surface area contributed by atoms with Gasteiger partial charge in [-0.25, -0.2) is 4.79 Å². The number of aromatic carboxylic acids is 1. The van der Waals surface area contributed by atoms with Gasteiger partial charge in [0.1, 0.15) is 18.0 Å². The maximum Gasteiger partial charge on any atom is 0.335 e. The lowest BCUT2D eigenvalue weighted by Crippen LogP contribution is -2.43. The Balaban J connectivity index is 2.07. The van der Waals surface area contributed by atoms with Crippen LogP contribution in [0.2, 0.25) is 0 Å². The van der Waals surface area contributed by atoms with Gasteiger partial charge in [0, 0.05) is 19.6 Å². The first-order valence-corrected chi connectivity index (χ1v) is 9.12. The van der Waals surface area contributed by atoms with Crippen LogP contribution in [0.3, 0.4) is 0 Å². The summed E-state index contributed by atoms with van der Waals surface area (Å²) in [6.07, 6.45) is -1.65. The molecule has 1 aromatic rings. The number of β-amino-alcohol motifs (C(OH)–C–C–N with tert-alkyl or cyclic N) is 1. The molecule has 8 nitrogen and oxygen atoms in total. The number of aliphatic hydroxyl groups is 1. The molecule has 0 radical (unpaired) electrons. The van der Waals surface area contributed by atoms with Crippen molar-refractivity contribution in [2.75, 3.05) is 26.2 Å². The molecule has 2 N–H and O–H groups in total. The predicted molar refractivity (Wildman–Crippen MR) is 87.2 cm³/mol. The molecule has 2 rings (SSSR count). The molecule has 1 aliphatic rings. The zero-order chi connectivity index (χ0) is 17.9. The van der Waals surface area contributed by atoms with E-state index < -0.39 is 28.4 Å². The van der Waals surface area contributed by atoms with Gasteiger partial charge in [-0.3, -0.25) is 0 Å². The van der Waals surface area contributed by atoms with Gasteiger partial charge in [-0.15, -0.1) is 0 Å². The van der Waals surface area contributed by atoms with E-state index in [1.54, 1.807) is 13.8 Å². The van der Waals surface area contributed by atoms with Crippen LogP contribution in [0.5, 0.6) is 5.75 Å². The van der Waals surface area contributed by atoms with Crippen molar-refractivity contribution >= 4 is 16.2 Å². The molecular weight excluding hydrogens is 336 g/mol. The first-order chi connectivity index (χ1) is 11.3. The summed E-state index contributed by atoms with van der Waals surface area (Å²) < 4.78 is 33.1. The number of aliphatic hydroxyl groups excluding tert-OH is 1. The molecule has 1 saturated heterocycles. The van der Waals surface area contributed by atoms with Crippen molar-refractivity contribution in [3.05, 3.63) is 29.8 Å². The van der Waals surface area contributed by atoms with Crippen LogP contribution in [0.4, 0.5) is 0 Å². The Morgan fingerprint density at radius 3 is 2.33 bits per heavy atom. The number of carbonyl (C=O) groups is 1. The van der Waals surface area contributed by atoms with Crippen LogP contribution in [-0.2, 0) is 10.2 Å². The third kappa shape index (κ3) is 3.86. The molecule has 0 aliphatic carbocycles. The minimum Gasteiger partial charge on any atom is -0.486 e. The molecular formula is C15H22N2O6S. The van der Waals surface area contributed by atoms with Crippen molar-refractivity contribution in [1.82, 2.24) is 8.61 Å². The Hall–Kier alpha value is -1.68. The van der Waals surface area contributed by atoms with Gasteiger partial charge >= 0.3 is 5.97 Å². The minimum absolute atomic E-state index is 0.0310. The molecule has 9 heteroatoms. The molecule has 1 aliphatic heterocycles. The van der Waals surface area contributed by atoms with E-state index >= 15 is 0 Å². The summed E-state index contributed by atoms with van der Waals surface area (Å²) >= 11 is 0.